The molecule has 0 radical (unpaired) electrons. The third kappa shape index (κ3) is 4.56. The Labute approximate surface area is 235 Å². The Kier molecular flexibility index (Phi) is 6.86. The molecule has 1 saturated carbocycles. The molecule has 3 aromatic rings. The summed E-state index contributed by atoms with van der Waals surface area (Å²) < 4.78 is 16.3. The second-order valence-electron chi connectivity index (χ2n) is 11.5. The van der Waals surface area contributed by atoms with Crippen molar-refractivity contribution in [2.75, 3.05) is 50.1 Å². The zero-order chi connectivity index (χ0) is 28.1. The Bertz CT molecular complexity index is 1450. The van der Waals surface area contributed by atoms with Crippen LogP contribution in [0.1, 0.15) is 48.8 Å². The molecule has 1 atom stereocenters. The number of anilines is 2. The fourth-order valence-corrected chi connectivity index (χ4v) is 6.29. The first kappa shape index (κ1) is 26.5. The molecule has 2 fully saturated rings. The van der Waals surface area contributed by atoms with E-state index in [1.54, 1.807) is 22.6 Å². The minimum Gasteiger partial charge on any atom is -0.359 e. The molecule has 40 heavy (non-hydrogen) atoms. The van der Waals surface area contributed by atoms with Crippen molar-refractivity contribution in [1.29, 1.82) is 0 Å². The van der Waals surface area contributed by atoms with E-state index in [0.717, 1.165) is 48.6 Å². The van der Waals surface area contributed by atoms with Crippen molar-refractivity contribution in [2.24, 2.45) is 0 Å². The van der Waals surface area contributed by atoms with Gasteiger partial charge in [-0.05, 0) is 69.6 Å². The van der Waals surface area contributed by atoms with Crippen molar-refractivity contribution in [3.8, 4) is 17.1 Å². The maximum atomic E-state index is 14.7. The van der Waals surface area contributed by atoms with Crippen molar-refractivity contribution in [3.63, 3.8) is 0 Å². The number of aryl methyl sites for hydroxylation is 1. The molecule has 1 aromatic heterocycles. The van der Waals surface area contributed by atoms with Crippen molar-refractivity contribution in [1.82, 2.24) is 24.6 Å². The average molecular weight is 544 g/mol. The van der Waals surface area contributed by atoms with Gasteiger partial charge >= 0.3 is 0 Å². The van der Waals surface area contributed by atoms with Crippen molar-refractivity contribution in [3.05, 3.63) is 65.9 Å². The summed E-state index contributed by atoms with van der Waals surface area (Å²) in [6.07, 6.45) is 4.79. The van der Waals surface area contributed by atoms with Crippen LogP contribution >= 0.6 is 0 Å². The predicted octanol–water partition coefficient (Wildman–Crippen LogP) is 4.87. The van der Waals surface area contributed by atoms with E-state index in [0.29, 0.717) is 36.2 Å². The Morgan fingerprint density at radius 1 is 1.00 bits per heavy atom. The third-order valence-corrected chi connectivity index (χ3v) is 8.91. The second kappa shape index (κ2) is 10.4. The molecule has 6 rings (SSSR count). The number of aromatic nitrogens is 3. The molecule has 0 bridgehead atoms. The molecular weight excluding hydrogens is 505 g/mol. The van der Waals surface area contributed by atoms with Gasteiger partial charge in [-0.3, -0.25) is 4.79 Å². The summed E-state index contributed by atoms with van der Waals surface area (Å²) in [5, 5.41) is 4.67. The van der Waals surface area contributed by atoms with Crippen LogP contribution in [0.15, 0.2) is 48.7 Å². The zero-order valence-corrected chi connectivity index (χ0v) is 23.9. The summed E-state index contributed by atoms with van der Waals surface area (Å²) in [4.78, 5) is 27.0. The third-order valence-electron chi connectivity index (χ3n) is 8.91. The molecule has 2 aromatic carbocycles. The number of fused-ring (bicyclic) bond motifs is 1. The van der Waals surface area contributed by atoms with Gasteiger partial charge in [0.25, 0.3) is 5.91 Å². The molecule has 1 amide bonds. The fraction of sp³-hybridized carbons (Fsp3) is 0.452. The highest BCUT2D eigenvalue weighted by atomic mass is 19.1. The molecule has 8 nitrogen and oxygen atoms in total. The van der Waals surface area contributed by atoms with Gasteiger partial charge in [-0.15, -0.1) is 5.10 Å². The standard InChI is InChI=1S/C31H38FN7O/c1-20-10-12-25(19-26(20)32)39-30(33-29(34-39)31(40)37-16-14-35(4)15-17-37)23-11-13-27-28(18-23)38(24-8-6-7-9-24)22(3)21(2)36(27)5/h10-13,18-19,22,24H,2,6-9,14-17H2,1,3-5H3/t22-/m1/s1. The van der Waals surface area contributed by atoms with Crippen molar-refractivity contribution in [2.45, 2.75) is 51.6 Å². The van der Waals surface area contributed by atoms with Gasteiger partial charge in [-0.1, -0.05) is 25.5 Å². The summed E-state index contributed by atoms with van der Waals surface area (Å²) in [6, 6.07) is 11.9. The largest absolute Gasteiger partial charge is 0.359 e. The molecule has 0 unspecified atom stereocenters. The Morgan fingerprint density at radius 3 is 2.42 bits per heavy atom. The van der Waals surface area contributed by atoms with Gasteiger partial charge in [0.2, 0.25) is 5.82 Å². The van der Waals surface area contributed by atoms with Crippen LogP contribution in [0.3, 0.4) is 0 Å². The number of carbonyl (C=O) groups is 1. The zero-order valence-electron chi connectivity index (χ0n) is 23.9. The maximum absolute atomic E-state index is 14.7. The van der Waals surface area contributed by atoms with E-state index in [1.165, 1.54) is 18.9 Å². The smallest absolute Gasteiger partial charge is 0.293 e. The molecule has 0 spiro atoms. The summed E-state index contributed by atoms with van der Waals surface area (Å²) in [5.74, 6) is 0.132. The number of rotatable bonds is 4. The normalized spacial score (nSPS) is 20.4. The van der Waals surface area contributed by atoms with Gasteiger partial charge in [-0.25, -0.2) is 14.1 Å². The van der Waals surface area contributed by atoms with E-state index in [2.05, 4.69) is 59.5 Å². The lowest BCUT2D eigenvalue weighted by Crippen LogP contribution is -2.48. The topological polar surface area (TPSA) is 60.7 Å². The first-order chi connectivity index (χ1) is 19.2. The maximum Gasteiger partial charge on any atom is 0.293 e. The van der Waals surface area contributed by atoms with Crippen LogP contribution in [0.4, 0.5) is 15.8 Å². The number of halogens is 1. The molecule has 1 saturated heterocycles. The van der Waals surface area contributed by atoms with Crippen LogP contribution in [0, 0.1) is 12.7 Å². The molecule has 2 aliphatic heterocycles. The number of carbonyl (C=O) groups excluding carboxylic acids is 1. The predicted molar refractivity (Wildman–Crippen MR) is 157 cm³/mol. The highest BCUT2D eigenvalue weighted by Gasteiger charge is 2.36. The van der Waals surface area contributed by atoms with Gasteiger partial charge in [0, 0.05) is 50.5 Å². The van der Waals surface area contributed by atoms with Crippen LogP contribution in [0.25, 0.3) is 17.1 Å². The molecule has 0 N–H and O–H groups in total. The van der Waals surface area contributed by atoms with E-state index >= 15 is 0 Å². The summed E-state index contributed by atoms with van der Waals surface area (Å²) >= 11 is 0. The number of nitrogens with zero attached hydrogens (tertiary/aromatic N) is 7. The van der Waals surface area contributed by atoms with Crippen LogP contribution in [-0.2, 0) is 0 Å². The number of hydrogen-bond acceptors (Lipinski definition) is 6. The van der Waals surface area contributed by atoms with Crippen molar-refractivity contribution >= 4 is 17.3 Å². The van der Waals surface area contributed by atoms with Crippen LogP contribution in [0.5, 0.6) is 0 Å². The molecule has 210 valence electrons. The fourth-order valence-electron chi connectivity index (χ4n) is 6.29. The Balaban J connectivity index is 1.47. The Hall–Kier alpha value is -3.72. The number of benzene rings is 2. The SMILES string of the molecule is C=C1[C@@H](C)N(C2CCCC2)c2cc(-c3nc(C(=O)N4CCN(C)CC4)nn3-c3ccc(C)c(F)c3)ccc2N1C. The lowest BCUT2D eigenvalue weighted by Gasteiger charge is -2.46. The highest BCUT2D eigenvalue weighted by molar-refractivity contribution is 5.91. The highest BCUT2D eigenvalue weighted by Crippen LogP contribution is 2.44. The molecule has 9 heteroatoms. The van der Waals surface area contributed by atoms with Crippen LogP contribution in [0.2, 0.25) is 0 Å². The minimum atomic E-state index is -0.322. The van der Waals surface area contributed by atoms with Crippen molar-refractivity contribution < 1.29 is 9.18 Å². The minimum absolute atomic E-state index is 0.129. The molecule has 3 aliphatic rings. The number of piperazine rings is 1. The van der Waals surface area contributed by atoms with Gasteiger partial charge in [0.05, 0.1) is 23.1 Å². The summed E-state index contributed by atoms with van der Waals surface area (Å²) in [6.45, 7) is 11.2. The van der Waals surface area contributed by atoms with E-state index in [4.69, 9.17) is 4.98 Å². The first-order valence-corrected chi connectivity index (χ1v) is 14.3. The second-order valence-corrected chi connectivity index (χ2v) is 11.5. The van der Waals surface area contributed by atoms with Crippen LogP contribution < -0.4 is 9.80 Å². The number of amides is 1. The van der Waals surface area contributed by atoms with Gasteiger partial charge in [0.1, 0.15) is 5.82 Å². The van der Waals surface area contributed by atoms with E-state index in [-0.39, 0.29) is 23.6 Å². The first-order valence-electron chi connectivity index (χ1n) is 14.3. The van der Waals surface area contributed by atoms with Gasteiger partial charge in [-0.2, -0.15) is 0 Å². The van der Waals surface area contributed by atoms with E-state index in [9.17, 15) is 9.18 Å². The molecule has 3 heterocycles. The molecule has 1 aliphatic carbocycles. The summed E-state index contributed by atoms with van der Waals surface area (Å²) in [7, 11) is 4.12. The summed E-state index contributed by atoms with van der Waals surface area (Å²) in [5.41, 5.74) is 5.22. The number of hydrogen-bond donors (Lipinski definition) is 0. The average Bonchev–Trinajstić information content (AvgIpc) is 3.64. The molecular formula is C31H38FN7O. The monoisotopic (exact) mass is 543 g/mol. The van der Waals surface area contributed by atoms with Gasteiger partial charge in [0.15, 0.2) is 5.82 Å². The lowest BCUT2D eigenvalue weighted by atomic mass is 9.99. The van der Waals surface area contributed by atoms with E-state index < -0.39 is 0 Å². The Morgan fingerprint density at radius 2 is 1.73 bits per heavy atom. The van der Waals surface area contributed by atoms with Crippen LogP contribution in [-0.4, -0.2) is 82.8 Å². The quantitative estimate of drug-likeness (QED) is 0.468. The number of likely N-dealkylation sites (N-methyl/N-ethyl adjacent to an activating group) is 2. The van der Waals surface area contributed by atoms with Gasteiger partial charge < -0.3 is 19.6 Å². The van der Waals surface area contributed by atoms with E-state index in [1.807, 2.05) is 12.1 Å². The lowest BCUT2D eigenvalue weighted by molar-refractivity contribution is 0.0652.